The summed E-state index contributed by atoms with van der Waals surface area (Å²) in [7, 11) is 2.09. The molecule has 1 aromatic carbocycles. The van der Waals surface area contributed by atoms with Crippen LogP contribution in [-0.4, -0.2) is 68.7 Å². The number of benzene rings is 1. The number of piperazine rings is 1. The fourth-order valence-electron chi connectivity index (χ4n) is 4.16. The van der Waals surface area contributed by atoms with Crippen LogP contribution in [0.1, 0.15) is 18.5 Å². The molecule has 1 fully saturated rings. The van der Waals surface area contributed by atoms with Crippen molar-refractivity contribution >= 4 is 22.8 Å². The van der Waals surface area contributed by atoms with Gasteiger partial charge in [-0.2, -0.15) is 10.1 Å². The van der Waals surface area contributed by atoms with Gasteiger partial charge >= 0.3 is 0 Å². The van der Waals surface area contributed by atoms with Gasteiger partial charge in [0.05, 0.1) is 5.57 Å². The number of fused-ring (bicyclic) bond motifs is 2. The molecule has 0 aliphatic carbocycles. The van der Waals surface area contributed by atoms with Gasteiger partial charge in [0.15, 0.2) is 0 Å². The minimum Gasteiger partial charge on any atom is -0.361 e. The molecular formula is C20H23N7O. The number of amides is 1. The number of likely N-dealkylation sites (N-methyl/N-ethyl adjacent to an activating group) is 1. The molecule has 8 nitrogen and oxygen atoms in total. The maximum atomic E-state index is 13.6. The predicted molar refractivity (Wildman–Crippen MR) is 107 cm³/mol. The molecular weight excluding hydrogens is 354 g/mol. The summed E-state index contributed by atoms with van der Waals surface area (Å²) in [5.41, 5.74) is 3.63. The Balaban J connectivity index is 1.62. The fraction of sp³-hybridized carbons (Fsp3) is 0.350. The minimum absolute atomic E-state index is 0.0644. The molecule has 2 N–H and O–H groups in total. The van der Waals surface area contributed by atoms with Crippen molar-refractivity contribution < 1.29 is 4.79 Å². The molecule has 1 atom stereocenters. The molecule has 0 spiro atoms. The SMILES string of the molecule is CC1=C(C(=O)N2CCN(C)CC2)[C@@H](c2c[nH]c3ccccc23)n2ncnc2N1. The van der Waals surface area contributed by atoms with Crippen LogP contribution in [0.3, 0.4) is 0 Å². The lowest BCUT2D eigenvalue weighted by Gasteiger charge is -2.36. The van der Waals surface area contributed by atoms with E-state index < -0.39 is 0 Å². The summed E-state index contributed by atoms with van der Waals surface area (Å²) >= 11 is 0. The van der Waals surface area contributed by atoms with Crippen LogP contribution in [0.5, 0.6) is 0 Å². The molecule has 0 radical (unpaired) electrons. The fourth-order valence-corrected chi connectivity index (χ4v) is 4.16. The lowest BCUT2D eigenvalue weighted by molar-refractivity contribution is -0.129. The van der Waals surface area contributed by atoms with Gasteiger partial charge in [0.25, 0.3) is 5.91 Å². The Hall–Kier alpha value is -3.13. The number of rotatable bonds is 2. The number of carbonyl (C=O) groups excluding carboxylic acids is 1. The largest absolute Gasteiger partial charge is 0.361 e. The van der Waals surface area contributed by atoms with E-state index in [-0.39, 0.29) is 11.9 Å². The Kier molecular flexibility index (Phi) is 3.94. The van der Waals surface area contributed by atoms with Gasteiger partial charge in [-0.15, -0.1) is 0 Å². The third-order valence-electron chi connectivity index (χ3n) is 5.73. The van der Waals surface area contributed by atoms with Gasteiger partial charge < -0.3 is 20.1 Å². The third kappa shape index (κ3) is 2.60. The number of aromatic amines is 1. The van der Waals surface area contributed by atoms with Crippen molar-refractivity contribution in [3.63, 3.8) is 0 Å². The van der Waals surface area contributed by atoms with Gasteiger partial charge in [-0.1, -0.05) is 18.2 Å². The van der Waals surface area contributed by atoms with Crippen LogP contribution in [0, 0.1) is 0 Å². The van der Waals surface area contributed by atoms with Crippen LogP contribution in [0.15, 0.2) is 48.1 Å². The smallest absolute Gasteiger partial charge is 0.254 e. The quantitative estimate of drug-likeness (QED) is 0.712. The molecule has 2 aliphatic rings. The minimum atomic E-state index is -0.318. The molecule has 1 amide bonds. The molecule has 2 aromatic heterocycles. The second-order valence-corrected chi connectivity index (χ2v) is 7.48. The van der Waals surface area contributed by atoms with Crippen LogP contribution in [0.4, 0.5) is 5.95 Å². The first-order chi connectivity index (χ1) is 13.6. The highest BCUT2D eigenvalue weighted by molar-refractivity contribution is 5.98. The molecule has 0 saturated carbocycles. The summed E-state index contributed by atoms with van der Waals surface area (Å²) in [6.07, 6.45) is 3.51. The number of hydrogen-bond donors (Lipinski definition) is 2. The number of nitrogens with one attached hydrogen (secondary N) is 2. The van der Waals surface area contributed by atoms with E-state index in [9.17, 15) is 4.79 Å². The van der Waals surface area contributed by atoms with E-state index in [2.05, 4.69) is 38.4 Å². The Bertz CT molecular complexity index is 1070. The molecule has 28 heavy (non-hydrogen) atoms. The summed E-state index contributed by atoms with van der Waals surface area (Å²) < 4.78 is 1.81. The maximum Gasteiger partial charge on any atom is 0.254 e. The number of carbonyl (C=O) groups is 1. The third-order valence-corrected chi connectivity index (χ3v) is 5.73. The van der Waals surface area contributed by atoms with Crippen molar-refractivity contribution in [3.8, 4) is 0 Å². The maximum absolute atomic E-state index is 13.6. The van der Waals surface area contributed by atoms with Gasteiger partial charge in [-0.3, -0.25) is 4.79 Å². The number of H-pyrrole nitrogens is 1. The Morgan fingerprint density at radius 1 is 1.18 bits per heavy atom. The first-order valence-electron chi connectivity index (χ1n) is 9.54. The van der Waals surface area contributed by atoms with Crippen molar-refractivity contribution in [2.24, 2.45) is 0 Å². The van der Waals surface area contributed by atoms with Crippen molar-refractivity contribution in [1.29, 1.82) is 0 Å². The van der Waals surface area contributed by atoms with Crippen molar-refractivity contribution in [2.75, 3.05) is 38.5 Å². The van der Waals surface area contributed by atoms with E-state index in [0.29, 0.717) is 5.95 Å². The van der Waals surface area contributed by atoms with Gasteiger partial charge in [0, 0.05) is 54.5 Å². The number of nitrogens with zero attached hydrogens (tertiary/aromatic N) is 5. The van der Waals surface area contributed by atoms with E-state index >= 15 is 0 Å². The Morgan fingerprint density at radius 2 is 1.96 bits per heavy atom. The van der Waals surface area contributed by atoms with E-state index in [1.165, 1.54) is 6.33 Å². The van der Waals surface area contributed by atoms with Crippen molar-refractivity contribution in [1.82, 2.24) is 29.5 Å². The second kappa shape index (κ2) is 6.49. The molecule has 0 unspecified atom stereocenters. The highest BCUT2D eigenvalue weighted by Gasteiger charge is 2.37. The predicted octanol–water partition coefficient (Wildman–Crippen LogP) is 1.82. The summed E-state index contributed by atoms with van der Waals surface area (Å²) in [5.74, 6) is 0.720. The highest BCUT2D eigenvalue weighted by atomic mass is 16.2. The van der Waals surface area contributed by atoms with Gasteiger partial charge in [-0.05, 0) is 20.0 Å². The monoisotopic (exact) mass is 377 g/mol. The van der Waals surface area contributed by atoms with Crippen LogP contribution < -0.4 is 5.32 Å². The lowest BCUT2D eigenvalue weighted by atomic mass is 9.94. The Morgan fingerprint density at radius 3 is 2.79 bits per heavy atom. The molecule has 4 heterocycles. The van der Waals surface area contributed by atoms with E-state index in [1.54, 1.807) is 0 Å². The van der Waals surface area contributed by atoms with Gasteiger partial charge in [0.2, 0.25) is 5.95 Å². The van der Waals surface area contributed by atoms with E-state index in [4.69, 9.17) is 0 Å². The number of anilines is 1. The number of allylic oxidation sites excluding steroid dienone is 1. The van der Waals surface area contributed by atoms with Crippen molar-refractivity contribution in [3.05, 3.63) is 53.6 Å². The van der Waals surface area contributed by atoms with Gasteiger partial charge in [-0.25, -0.2) is 4.68 Å². The molecule has 8 heteroatoms. The molecule has 144 valence electrons. The van der Waals surface area contributed by atoms with Crippen LogP contribution in [-0.2, 0) is 4.79 Å². The molecule has 0 bridgehead atoms. The second-order valence-electron chi connectivity index (χ2n) is 7.48. The summed E-state index contributed by atoms with van der Waals surface area (Å²) in [6, 6.07) is 7.82. The summed E-state index contributed by atoms with van der Waals surface area (Å²) in [5, 5.41) is 8.79. The van der Waals surface area contributed by atoms with Gasteiger partial charge in [0.1, 0.15) is 12.4 Å². The summed E-state index contributed by atoms with van der Waals surface area (Å²) in [6.45, 7) is 5.19. The molecule has 2 aliphatic heterocycles. The zero-order valence-electron chi connectivity index (χ0n) is 16.0. The zero-order chi connectivity index (χ0) is 19.3. The number of para-hydroxylation sites is 1. The normalized spacial score (nSPS) is 20.4. The summed E-state index contributed by atoms with van der Waals surface area (Å²) in [4.78, 5) is 25.4. The molecule has 1 saturated heterocycles. The highest BCUT2D eigenvalue weighted by Crippen LogP contribution is 2.38. The Labute approximate surface area is 162 Å². The van der Waals surface area contributed by atoms with Crippen LogP contribution in [0.2, 0.25) is 0 Å². The van der Waals surface area contributed by atoms with E-state index in [0.717, 1.165) is 53.9 Å². The standard InChI is InChI=1S/C20H23N7O/c1-13-17(19(28)26-9-7-25(2)8-10-26)18(27-20(24-13)22-12-23-27)15-11-21-16-6-4-3-5-14(15)16/h3-6,11-12,18,21H,7-10H2,1-2H3,(H,22,23,24)/t18-/m1/s1. The number of aromatic nitrogens is 4. The van der Waals surface area contributed by atoms with Crippen LogP contribution >= 0.6 is 0 Å². The number of hydrogen-bond acceptors (Lipinski definition) is 5. The molecule has 3 aromatic rings. The van der Waals surface area contributed by atoms with E-state index in [1.807, 2.05) is 40.9 Å². The first-order valence-corrected chi connectivity index (χ1v) is 9.54. The van der Waals surface area contributed by atoms with Crippen LogP contribution in [0.25, 0.3) is 10.9 Å². The lowest BCUT2D eigenvalue weighted by Crippen LogP contribution is -2.49. The topological polar surface area (TPSA) is 82.1 Å². The average molecular weight is 377 g/mol. The zero-order valence-corrected chi connectivity index (χ0v) is 16.0. The molecule has 5 rings (SSSR count). The first kappa shape index (κ1) is 17.0. The van der Waals surface area contributed by atoms with Crippen molar-refractivity contribution in [2.45, 2.75) is 13.0 Å². The average Bonchev–Trinajstić information content (AvgIpc) is 3.33.